The molecule has 3 atom stereocenters. The van der Waals surface area contributed by atoms with Crippen molar-refractivity contribution in [3.8, 4) is 0 Å². The van der Waals surface area contributed by atoms with Crippen molar-refractivity contribution in [1.82, 2.24) is 4.90 Å². The molecule has 3 fully saturated rings. The maximum atomic E-state index is 12.6. The molecule has 0 spiro atoms. The zero-order valence-corrected chi connectivity index (χ0v) is 10.5. The largest absolute Gasteiger partial charge is 0.377 e. The molecule has 0 aromatic heterocycles. The van der Waals surface area contributed by atoms with E-state index in [-0.39, 0.29) is 23.7 Å². The van der Waals surface area contributed by atoms with Gasteiger partial charge in [-0.05, 0) is 39.0 Å². The summed E-state index contributed by atoms with van der Waals surface area (Å²) in [5.74, 6) is 0.247. The van der Waals surface area contributed by atoms with Crippen LogP contribution in [0.3, 0.4) is 0 Å². The van der Waals surface area contributed by atoms with Crippen LogP contribution in [0, 0.1) is 5.41 Å². The highest BCUT2D eigenvalue weighted by atomic mass is 16.5. The van der Waals surface area contributed by atoms with E-state index in [0.29, 0.717) is 0 Å². The van der Waals surface area contributed by atoms with Crippen LogP contribution in [0.25, 0.3) is 0 Å². The van der Waals surface area contributed by atoms with Gasteiger partial charge >= 0.3 is 0 Å². The van der Waals surface area contributed by atoms with Gasteiger partial charge in [-0.15, -0.1) is 0 Å². The Morgan fingerprint density at radius 3 is 2.65 bits per heavy atom. The van der Waals surface area contributed by atoms with Gasteiger partial charge < -0.3 is 14.4 Å². The molecular formula is C13H21NO3. The van der Waals surface area contributed by atoms with Crippen molar-refractivity contribution >= 4 is 5.91 Å². The molecule has 0 aromatic carbocycles. The van der Waals surface area contributed by atoms with Crippen LogP contribution in [-0.4, -0.2) is 42.9 Å². The molecule has 3 unspecified atom stereocenters. The van der Waals surface area contributed by atoms with Gasteiger partial charge in [-0.2, -0.15) is 0 Å². The number of rotatable bonds is 2. The van der Waals surface area contributed by atoms with Crippen molar-refractivity contribution in [2.75, 3.05) is 19.8 Å². The third kappa shape index (κ3) is 1.78. The molecule has 1 amide bonds. The van der Waals surface area contributed by atoms with Crippen molar-refractivity contribution in [2.45, 2.75) is 51.4 Å². The number of carbonyl (C=O) groups excluding carboxylic acids is 1. The highest BCUT2D eigenvalue weighted by Gasteiger charge is 2.51. The summed E-state index contributed by atoms with van der Waals surface area (Å²) in [6.07, 6.45) is 5.26. The van der Waals surface area contributed by atoms with E-state index in [1.54, 1.807) is 0 Å². The first-order valence-corrected chi connectivity index (χ1v) is 6.76. The summed E-state index contributed by atoms with van der Waals surface area (Å²) in [5.41, 5.74) is -0.303. The van der Waals surface area contributed by atoms with E-state index in [1.807, 2.05) is 4.90 Å². The minimum Gasteiger partial charge on any atom is -0.377 e. The maximum Gasteiger partial charge on any atom is 0.233 e. The summed E-state index contributed by atoms with van der Waals surface area (Å²) in [4.78, 5) is 14.5. The second-order valence-electron chi connectivity index (χ2n) is 5.64. The molecule has 0 aliphatic carbocycles. The number of hydrogen-bond donors (Lipinski definition) is 0. The molecule has 3 aliphatic rings. The fourth-order valence-corrected chi connectivity index (χ4v) is 3.35. The smallest absolute Gasteiger partial charge is 0.233 e. The van der Waals surface area contributed by atoms with Crippen LogP contribution in [-0.2, 0) is 14.3 Å². The lowest BCUT2D eigenvalue weighted by Crippen LogP contribution is -2.44. The second-order valence-corrected chi connectivity index (χ2v) is 5.64. The number of nitrogens with zero attached hydrogens (tertiary/aromatic N) is 1. The van der Waals surface area contributed by atoms with Gasteiger partial charge in [-0.25, -0.2) is 0 Å². The van der Waals surface area contributed by atoms with Gasteiger partial charge in [-0.1, -0.05) is 0 Å². The molecule has 4 heteroatoms. The monoisotopic (exact) mass is 239 g/mol. The van der Waals surface area contributed by atoms with Gasteiger partial charge in [0.15, 0.2) is 0 Å². The molecule has 3 heterocycles. The molecule has 0 radical (unpaired) electrons. The average Bonchev–Trinajstić information content (AvgIpc) is 3.02. The van der Waals surface area contributed by atoms with Gasteiger partial charge in [-0.3, -0.25) is 4.79 Å². The van der Waals surface area contributed by atoms with Gasteiger partial charge in [0, 0.05) is 19.8 Å². The topological polar surface area (TPSA) is 38.8 Å². The molecule has 3 aliphatic heterocycles. The zero-order chi connectivity index (χ0) is 11.9. The Kier molecular flexibility index (Phi) is 2.87. The van der Waals surface area contributed by atoms with Gasteiger partial charge in [0.1, 0.15) is 6.23 Å². The van der Waals surface area contributed by atoms with Gasteiger partial charge in [0.05, 0.1) is 11.5 Å². The zero-order valence-electron chi connectivity index (χ0n) is 10.5. The molecule has 3 rings (SSSR count). The average molecular weight is 239 g/mol. The Bertz CT molecular complexity index is 308. The van der Waals surface area contributed by atoms with Crippen molar-refractivity contribution < 1.29 is 14.3 Å². The van der Waals surface area contributed by atoms with Crippen LogP contribution in [0.15, 0.2) is 0 Å². The first-order chi connectivity index (χ1) is 8.22. The predicted octanol–water partition coefficient (Wildman–Crippen LogP) is 1.54. The lowest BCUT2D eigenvalue weighted by atomic mass is 9.81. The normalized spacial score (nSPS) is 42.6. The lowest BCUT2D eigenvalue weighted by molar-refractivity contribution is -0.149. The number of carbonyl (C=O) groups is 1. The van der Waals surface area contributed by atoms with Crippen molar-refractivity contribution in [3.05, 3.63) is 0 Å². The fourth-order valence-electron chi connectivity index (χ4n) is 3.35. The molecule has 0 aromatic rings. The molecule has 17 heavy (non-hydrogen) atoms. The maximum absolute atomic E-state index is 12.6. The number of ether oxygens (including phenoxy) is 2. The van der Waals surface area contributed by atoms with Crippen LogP contribution in [0.2, 0.25) is 0 Å². The first-order valence-electron chi connectivity index (χ1n) is 6.76. The summed E-state index contributed by atoms with van der Waals surface area (Å²) in [6.45, 7) is 4.51. The highest BCUT2D eigenvalue weighted by molar-refractivity contribution is 5.85. The minimum atomic E-state index is -0.303. The summed E-state index contributed by atoms with van der Waals surface area (Å²) < 4.78 is 11.4. The van der Waals surface area contributed by atoms with E-state index >= 15 is 0 Å². The third-order valence-electron chi connectivity index (χ3n) is 4.52. The summed E-state index contributed by atoms with van der Waals surface area (Å²) >= 11 is 0. The predicted molar refractivity (Wildman–Crippen MR) is 62.4 cm³/mol. The SMILES string of the molecule is CC1(C2CCCO2)CCN(C2CCCO2)C1=O. The number of hydrogen-bond acceptors (Lipinski definition) is 3. The van der Waals surface area contributed by atoms with E-state index in [2.05, 4.69) is 6.92 Å². The van der Waals surface area contributed by atoms with Crippen LogP contribution in [0.4, 0.5) is 0 Å². The fraction of sp³-hybridized carbons (Fsp3) is 0.923. The Labute approximate surface area is 102 Å². The lowest BCUT2D eigenvalue weighted by Gasteiger charge is -2.30. The Hall–Kier alpha value is -0.610. The van der Waals surface area contributed by atoms with E-state index < -0.39 is 0 Å². The number of amides is 1. The van der Waals surface area contributed by atoms with Gasteiger partial charge in [0.25, 0.3) is 0 Å². The van der Waals surface area contributed by atoms with Crippen LogP contribution < -0.4 is 0 Å². The number of likely N-dealkylation sites (tertiary alicyclic amines) is 1. The Balaban J connectivity index is 1.73. The second kappa shape index (κ2) is 4.25. The van der Waals surface area contributed by atoms with E-state index in [1.165, 1.54) is 0 Å². The van der Waals surface area contributed by atoms with E-state index in [4.69, 9.17) is 9.47 Å². The van der Waals surface area contributed by atoms with Crippen molar-refractivity contribution in [3.63, 3.8) is 0 Å². The summed E-state index contributed by atoms with van der Waals surface area (Å²) in [7, 11) is 0. The molecule has 0 N–H and O–H groups in total. The molecular weight excluding hydrogens is 218 g/mol. The Morgan fingerprint density at radius 1 is 1.24 bits per heavy atom. The van der Waals surface area contributed by atoms with Crippen LogP contribution >= 0.6 is 0 Å². The summed E-state index contributed by atoms with van der Waals surface area (Å²) in [5, 5.41) is 0. The molecule has 3 saturated heterocycles. The highest BCUT2D eigenvalue weighted by Crippen LogP contribution is 2.42. The quantitative estimate of drug-likeness (QED) is 0.733. The van der Waals surface area contributed by atoms with Crippen LogP contribution in [0.5, 0.6) is 0 Å². The van der Waals surface area contributed by atoms with E-state index in [9.17, 15) is 4.79 Å². The van der Waals surface area contributed by atoms with Gasteiger partial charge in [0.2, 0.25) is 5.91 Å². The molecule has 0 bridgehead atoms. The minimum absolute atomic E-state index is 0.0331. The molecule has 0 saturated carbocycles. The van der Waals surface area contributed by atoms with Crippen molar-refractivity contribution in [1.29, 1.82) is 0 Å². The third-order valence-corrected chi connectivity index (χ3v) is 4.52. The van der Waals surface area contributed by atoms with Crippen LogP contribution in [0.1, 0.15) is 39.0 Å². The van der Waals surface area contributed by atoms with Crippen molar-refractivity contribution in [2.24, 2.45) is 5.41 Å². The Morgan fingerprint density at radius 2 is 2.00 bits per heavy atom. The summed E-state index contributed by atoms with van der Waals surface area (Å²) in [6, 6.07) is 0. The molecule has 96 valence electrons. The van der Waals surface area contributed by atoms with E-state index in [0.717, 1.165) is 51.9 Å². The standard InChI is InChI=1S/C13H21NO3/c1-13(10-4-2-8-16-10)6-7-14(12(13)15)11-5-3-9-17-11/h10-11H,2-9H2,1H3. The molecule has 4 nitrogen and oxygen atoms in total. The first kappa shape index (κ1) is 11.5.